The first-order chi connectivity index (χ1) is 15.5. The van der Waals surface area contributed by atoms with E-state index in [2.05, 4.69) is 5.43 Å². The van der Waals surface area contributed by atoms with Crippen molar-refractivity contribution in [3.63, 3.8) is 0 Å². The summed E-state index contributed by atoms with van der Waals surface area (Å²) in [7, 11) is 0. The number of thiocarbonyl (C=S) groups is 1. The van der Waals surface area contributed by atoms with Crippen LogP contribution in [0.15, 0.2) is 83.8 Å². The Morgan fingerprint density at radius 3 is 2.56 bits per heavy atom. The number of carbonyl (C=O) groups excluding carboxylic acids is 2. The van der Waals surface area contributed by atoms with Crippen molar-refractivity contribution in [2.75, 3.05) is 0 Å². The van der Waals surface area contributed by atoms with E-state index in [0.717, 1.165) is 27.9 Å². The Balaban J connectivity index is 1.43. The second kappa shape index (κ2) is 9.80. The van der Waals surface area contributed by atoms with Crippen LogP contribution in [0, 0.1) is 6.92 Å². The SMILES string of the molecule is Cc1ccc(COc2cccc(/C=C3/SC(=S)N(NC(=O)c4ccccc4)C3=O)c2)cc1. The summed E-state index contributed by atoms with van der Waals surface area (Å²) in [5, 5.41) is 1.11. The third kappa shape index (κ3) is 5.25. The Labute approximate surface area is 196 Å². The lowest BCUT2D eigenvalue weighted by Crippen LogP contribution is -2.44. The number of aryl methyl sites for hydroxylation is 1. The highest BCUT2D eigenvalue weighted by atomic mass is 32.2. The Kier molecular flexibility index (Phi) is 6.68. The fourth-order valence-corrected chi connectivity index (χ4v) is 4.20. The van der Waals surface area contributed by atoms with Crippen LogP contribution in [0.25, 0.3) is 6.08 Å². The Hall–Kier alpha value is -3.42. The third-order valence-corrected chi connectivity index (χ3v) is 6.03. The smallest absolute Gasteiger partial charge is 0.285 e. The van der Waals surface area contributed by atoms with Gasteiger partial charge in [0.25, 0.3) is 11.8 Å². The number of hydrogen-bond acceptors (Lipinski definition) is 5. The molecule has 32 heavy (non-hydrogen) atoms. The Bertz CT molecular complexity index is 1190. The van der Waals surface area contributed by atoms with Crippen molar-refractivity contribution >= 4 is 46.2 Å². The van der Waals surface area contributed by atoms with Crippen LogP contribution in [0.4, 0.5) is 0 Å². The van der Waals surface area contributed by atoms with E-state index in [1.54, 1.807) is 30.3 Å². The van der Waals surface area contributed by atoms with Crippen molar-refractivity contribution in [1.82, 2.24) is 10.4 Å². The Morgan fingerprint density at radius 1 is 1.06 bits per heavy atom. The molecule has 3 aromatic carbocycles. The lowest BCUT2D eigenvalue weighted by atomic mass is 10.1. The number of thioether (sulfide) groups is 1. The zero-order valence-electron chi connectivity index (χ0n) is 17.3. The van der Waals surface area contributed by atoms with E-state index in [-0.39, 0.29) is 10.2 Å². The molecule has 0 bridgehead atoms. The van der Waals surface area contributed by atoms with Crippen LogP contribution >= 0.6 is 24.0 Å². The van der Waals surface area contributed by atoms with E-state index in [1.807, 2.05) is 61.5 Å². The number of benzene rings is 3. The molecular weight excluding hydrogens is 440 g/mol. The maximum atomic E-state index is 12.8. The van der Waals surface area contributed by atoms with E-state index < -0.39 is 5.91 Å². The van der Waals surface area contributed by atoms with Crippen molar-refractivity contribution in [3.8, 4) is 5.75 Å². The van der Waals surface area contributed by atoms with Gasteiger partial charge in [-0.1, -0.05) is 71.9 Å². The van der Waals surface area contributed by atoms with Gasteiger partial charge < -0.3 is 4.74 Å². The van der Waals surface area contributed by atoms with Gasteiger partial charge >= 0.3 is 0 Å². The maximum absolute atomic E-state index is 12.8. The average molecular weight is 461 g/mol. The van der Waals surface area contributed by atoms with Crippen molar-refractivity contribution in [1.29, 1.82) is 0 Å². The molecule has 1 saturated heterocycles. The van der Waals surface area contributed by atoms with Crippen molar-refractivity contribution in [3.05, 3.63) is 106 Å². The molecule has 1 fully saturated rings. The minimum atomic E-state index is -0.394. The van der Waals surface area contributed by atoms with Crippen LogP contribution in [0.1, 0.15) is 27.0 Å². The van der Waals surface area contributed by atoms with Gasteiger partial charge in [0.1, 0.15) is 12.4 Å². The standard InChI is InChI=1S/C25H20N2O3S2/c1-17-10-12-18(13-11-17)16-30-21-9-5-6-19(14-21)15-22-24(29)27(25(31)32-22)26-23(28)20-7-3-2-4-8-20/h2-15H,16H2,1H3,(H,26,28)/b22-15+. The van der Waals surface area contributed by atoms with Crippen LogP contribution < -0.4 is 10.2 Å². The van der Waals surface area contributed by atoms with Gasteiger partial charge in [-0.3, -0.25) is 15.0 Å². The number of nitrogens with zero attached hydrogens (tertiary/aromatic N) is 1. The van der Waals surface area contributed by atoms with Gasteiger partial charge in [0.2, 0.25) is 0 Å². The maximum Gasteiger partial charge on any atom is 0.285 e. The van der Waals surface area contributed by atoms with Crippen LogP contribution in [-0.2, 0) is 11.4 Å². The first kappa shape index (κ1) is 21.8. The summed E-state index contributed by atoms with van der Waals surface area (Å²) in [5.74, 6) is -0.0582. The number of hydrogen-bond donors (Lipinski definition) is 1. The summed E-state index contributed by atoms with van der Waals surface area (Å²) in [5.41, 5.74) is 6.12. The monoisotopic (exact) mass is 460 g/mol. The summed E-state index contributed by atoms with van der Waals surface area (Å²) in [6.07, 6.45) is 1.74. The molecule has 5 nitrogen and oxygen atoms in total. The topological polar surface area (TPSA) is 58.6 Å². The first-order valence-electron chi connectivity index (χ1n) is 9.92. The first-order valence-corrected chi connectivity index (χ1v) is 11.1. The van der Waals surface area contributed by atoms with Gasteiger partial charge in [0.05, 0.1) is 4.91 Å². The molecule has 1 aliphatic rings. The van der Waals surface area contributed by atoms with E-state index in [9.17, 15) is 9.59 Å². The van der Waals surface area contributed by atoms with Gasteiger partial charge in [-0.15, -0.1) is 0 Å². The van der Waals surface area contributed by atoms with E-state index in [1.165, 1.54) is 5.56 Å². The second-order valence-corrected chi connectivity index (χ2v) is 8.85. The summed E-state index contributed by atoms with van der Waals surface area (Å²) in [6.45, 7) is 2.50. The fraction of sp³-hybridized carbons (Fsp3) is 0.0800. The zero-order valence-corrected chi connectivity index (χ0v) is 18.9. The van der Waals surface area contributed by atoms with Gasteiger partial charge in [-0.05, 0) is 60.6 Å². The largest absolute Gasteiger partial charge is 0.489 e. The zero-order chi connectivity index (χ0) is 22.5. The molecule has 0 atom stereocenters. The minimum absolute atomic E-state index is 0.275. The number of hydrazine groups is 1. The average Bonchev–Trinajstić information content (AvgIpc) is 3.07. The molecular formula is C25H20N2O3S2. The number of ether oxygens (including phenoxy) is 1. The van der Waals surface area contributed by atoms with Gasteiger partial charge in [-0.2, -0.15) is 5.01 Å². The number of carbonyl (C=O) groups is 2. The van der Waals surface area contributed by atoms with Gasteiger partial charge in [0.15, 0.2) is 4.32 Å². The lowest BCUT2D eigenvalue weighted by molar-refractivity contribution is -0.123. The molecule has 7 heteroatoms. The molecule has 0 saturated carbocycles. The summed E-state index contributed by atoms with van der Waals surface area (Å²) in [4.78, 5) is 25.6. The lowest BCUT2D eigenvalue weighted by Gasteiger charge is -2.15. The molecule has 0 spiro atoms. The minimum Gasteiger partial charge on any atom is -0.489 e. The van der Waals surface area contributed by atoms with Crippen LogP contribution in [0.5, 0.6) is 5.75 Å². The van der Waals surface area contributed by atoms with Gasteiger partial charge in [-0.25, -0.2) is 0 Å². The van der Waals surface area contributed by atoms with Crippen LogP contribution in [0.2, 0.25) is 0 Å². The highest BCUT2D eigenvalue weighted by molar-refractivity contribution is 8.26. The third-order valence-electron chi connectivity index (χ3n) is 4.73. The molecule has 1 N–H and O–H groups in total. The molecule has 0 aliphatic carbocycles. The molecule has 1 heterocycles. The van der Waals surface area contributed by atoms with E-state index >= 15 is 0 Å². The predicted molar refractivity (Wildman–Crippen MR) is 131 cm³/mol. The van der Waals surface area contributed by atoms with Gasteiger partial charge in [0, 0.05) is 5.56 Å². The van der Waals surface area contributed by atoms with Crippen molar-refractivity contribution in [2.45, 2.75) is 13.5 Å². The summed E-state index contributed by atoms with van der Waals surface area (Å²) < 4.78 is 6.17. The number of amides is 2. The molecule has 0 radical (unpaired) electrons. The summed E-state index contributed by atoms with van der Waals surface area (Å²) in [6, 6.07) is 24.3. The number of nitrogens with one attached hydrogen (secondary N) is 1. The highest BCUT2D eigenvalue weighted by Gasteiger charge is 2.33. The summed E-state index contributed by atoms with van der Waals surface area (Å²) >= 11 is 6.44. The molecule has 1 aliphatic heterocycles. The molecule has 4 rings (SSSR count). The highest BCUT2D eigenvalue weighted by Crippen LogP contribution is 2.32. The van der Waals surface area contributed by atoms with Crippen molar-refractivity contribution < 1.29 is 14.3 Å². The van der Waals surface area contributed by atoms with Crippen LogP contribution in [-0.4, -0.2) is 21.1 Å². The Morgan fingerprint density at radius 2 is 1.81 bits per heavy atom. The normalized spacial score (nSPS) is 14.7. The van der Waals surface area contributed by atoms with E-state index in [4.69, 9.17) is 17.0 Å². The molecule has 3 aromatic rings. The molecule has 2 amide bonds. The predicted octanol–water partition coefficient (Wildman–Crippen LogP) is 5.12. The molecule has 0 aromatic heterocycles. The van der Waals surface area contributed by atoms with Crippen LogP contribution in [0.3, 0.4) is 0 Å². The molecule has 160 valence electrons. The second-order valence-electron chi connectivity index (χ2n) is 7.17. The molecule has 0 unspecified atom stereocenters. The fourth-order valence-electron chi connectivity index (χ4n) is 3.02. The van der Waals surface area contributed by atoms with E-state index in [0.29, 0.717) is 22.8 Å². The van der Waals surface area contributed by atoms with Crippen molar-refractivity contribution in [2.24, 2.45) is 0 Å². The number of rotatable bonds is 6. The quantitative estimate of drug-likeness (QED) is 0.409.